The van der Waals surface area contributed by atoms with Gasteiger partial charge in [-0.05, 0) is 38.8 Å². The smallest absolute Gasteiger partial charge is 0.217 e. The van der Waals surface area contributed by atoms with Gasteiger partial charge in [0.2, 0.25) is 10.0 Å². The average molecular weight is 313 g/mol. The lowest BCUT2D eigenvalue weighted by molar-refractivity contribution is 0.215. The second-order valence-corrected chi connectivity index (χ2v) is 8.19. The van der Waals surface area contributed by atoms with Gasteiger partial charge in [-0.1, -0.05) is 5.21 Å². The molecule has 2 saturated heterocycles. The SMILES string of the molecule is Cn1nncc1CN1CCC(S(=O)(=O)N2CCCC2)CC1. The summed E-state index contributed by atoms with van der Waals surface area (Å²) in [5, 5.41) is 7.61. The van der Waals surface area contributed by atoms with E-state index in [1.165, 1.54) is 0 Å². The normalized spacial score (nSPS) is 22.9. The Morgan fingerprint density at radius 2 is 1.86 bits per heavy atom. The van der Waals surface area contributed by atoms with Gasteiger partial charge in [-0.15, -0.1) is 5.10 Å². The van der Waals surface area contributed by atoms with Crippen molar-refractivity contribution in [3.05, 3.63) is 11.9 Å². The number of hydrogen-bond acceptors (Lipinski definition) is 5. The summed E-state index contributed by atoms with van der Waals surface area (Å²) in [6.45, 7) is 3.86. The van der Waals surface area contributed by atoms with E-state index in [1.807, 2.05) is 7.05 Å². The van der Waals surface area contributed by atoms with Crippen molar-refractivity contribution in [3.63, 3.8) is 0 Å². The van der Waals surface area contributed by atoms with Crippen molar-refractivity contribution in [1.29, 1.82) is 0 Å². The van der Waals surface area contributed by atoms with Crippen LogP contribution in [0.2, 0.25) is 0 Å². The van der Waals surface area contributed by atoms with Gasteiger partial charge in [-0.25, -0.2) is 12.7 Å². The Morgan fingerprint density at radius 1 is 1.19 bits per heavy atom. The monoisotopic (exact) mass is 313 g/mol. The maximum atomic E-state index is 12.5. The summed E-state index contributed by atoms with van der Waals surface area (Å²) in [4.78, 5) is 2.29. The van der Waals surface area contributed by atoms with E-state index in [1.54, 1.807) is 15.2 Å². The largest absolute Gasteiger partial charge is 0.297 e. The van der Waals surface area contributed by atoms with Gasteiger partial charge < -0.3 is 0 Å². The van der Waals surface area contributed by atoms with Crippen molar-refractivity contribution in [3.8, 4) is 0 Å². The van der Waals surface area contributed by atoms with Gasteiger partial charge in [-0.2, -0.15) is 0 Å². The number of hydrogen-bond donors (Lipinski definition) is 0. The highest BCUT2D eigenvalue weighted by molar-refractivity contribution is 7.89. The fourth-order valence-corrected chi connectivity index (χ4v) is 5.20. The lowest BCUT2D eigenvalue weighted by Crippen LogP contribution is -2.44. The van der Waals surface area contributed by atoms with E-state index in [0.29, 0.717) is 13.1 Å². The number of sulfonamides is 1. The molecule has 0 bridgehead atoms. The zero-order valence-corrected chi connectivity index (χ0v) is 13.3. The van der Waals surface area contributed by atoms with Gasteiger partial charge in [0.05, 0.1) is 17.1 Å². The molecule has 0 unspecified atom stereocenters. The van der Waals surface area contributed by atoms with Crippen molar-refractivity contribution in [2.45, 2.75) is 37.5 Å². The van der Waals surface area contributed by atoms with Crippen LogP contribution >= 0.6 is 0 Å². The maximum absolute atomic E-state index is 12.5. The van der Waals surface area contributed by atoms with E-state index in [4.69, 9.17) is 0 Å². The van der Waals surface area contributed by atoms with E-state index in [-0.39, 0.29) is 5.25 Å². The number of rotatable bonds is 4. The van der Waals surface area contributed by atoms with E-state index < -0.39 is 10.0 Å². The van der Waals surface area contributed by atoms with Crippen LogP contribution in [0.25, 0.3) is 0 Å². The molecule has 3 heterocycles. The maximum Gasteiger partial charge on any atom is 0.217 e. The van der Waals surface area contributed by atoms with E-state index in [9.17, 15) is 8.42 Å². The van der Waals surface area contributed by atoms with Crippen LogP contribution in [0.4, 0.5) is 0 Å². The number of aryl methyl sites for hydroxylation is 1. The second kappa shape index (κ2) is 6.02. The number of piperidine rings is 1. The molecule has 0 radical (unpaired) electrons. The third-order valence-corrected chi connectivity index (χ3v) is 6.97. The molecule has 0 aromatic carbocycles. The highest BCUT2D eigenvalue weighted by Crippen LogP contribution is 2.24. The van der Waals surface area contributed by atoms with E-state index in [2.05, 4.69) is 15.2 Å². The summed E-state index contributed by atoms with van der Waals surface area (Å²) in [6.07, 6.45) is 5.23. The molecule has 0 saturated carbocycles. The standard InChI is InChI=1S/C13H23N5O2S/c1-16-12(10-14-15-16)11-17-8-4-13(5-9-17)21(19,20)18-6-2-3-7-18/h10,13H,2-9,11H2,1H3. The summed E-state index contributed by atoms with van der Waals surface area (Å²) in [5.74, 6) is 0. The molecular formula is C13H23N5O2S. The van der Waals surface area contributed by atoms with Gasteiger partial charge in [0.1, 0.15) is 0 Å². The first kappa shape index (κ1) is 14.9. The Labute approximate surface area is 126 Å². The number of aromatic nitrogens is 3. The lowest BCUT2D eigenvalue weighted by atomic mass is 10.1. The molecule has 0 aliphatic carbocycles. The van der Waals surface area contributed by atoms with Crippen molar-refractivity contribution in [2.24, 2.45) is 7.05 Å². The second-order valence-electron chi connectivity index (χ2n) is 5.98. The molecule has 3 rings (SSSR count). The van der Waals surface area contributed by atoms with Crippen LogP contribution < -0.4 is 0 Å². The predicted molar refractivity (Wildman–Crippen MR) is 79.0 cm³/mol. The summed E-state index contributed by atoms with van der Waals surface area (Å²) in [7, 11) is -1.20. The molecule has 0 amide bonds. The molecule has 8 heteroatoms. The molecule has 21 heavy (non-hydrogen) atoms. The van der Waals surface area contributed by atoms with Gasteiger partial charge in [0.25, 0.3) is 0 Å². The Bertz CT molecular complexity index is 571. The fraction of sp³-hybridized carbons (Fsp3) is 0.846. The first-order chi connectivity index (χ1) is 10.1. The van der Waals surface area contributed by atoms with Crippen LogP contribution in [0.5, 0.6) is 0 Å². The summed E-state index contributed by atoms with van der Waals surface area (Å²) in [6, 6.07) is 0. The summed E-state index contributed by atoms with van der Waals surface area (Å²) >= 11 is 0. The highest BCUT2D eigenvalue weighted by Gasteiger charge is 2.35. The average Bonchev–Trinajstić information content (AvgIpc) is 3.12. The Morgan fingerprint density at radius 3 is 2.43 bits per heavy atom. The van der Waals surface area contributed by atoms with Gasteiger partial charge in [-0.3, -0.25) is 9.58 Å². The van der Waals surface area contributed by atoms with Crippen LogP contribution in [0, 0.1) is 0 Å². The molecule has 7 nitrogen and oxygen atoms in total. The van der Waals surface area contributed by atoms with Gasteiger partial charge in [0, 0.05) is 26.7 Å². The van der Waals surface area contributed by atoms with Crippen LogP contribution in [-0.2, 0) is 23.6 Å². The number of likely N-dealkylation sites (tertiary alicyclic amines) is 1. The van der Waals surface area contributed by atoms with E-state index >= 15 is 0 Å². The molecule has 2 aliphatic heterocycles. The first-order valence-corrected chi connectivity index (χ1v) is 9.12. The lowest BCUT2D eigenvalue weighted by Gasteiger charge is -2.33. The number of nitrogens with zero attached hydrogens (tertiary/aromatic N) is 5. The Balaban J connectivity index is 1.56. The molecule has 0 N–H and O–H groups in total. The van der Waals surface area contributed by atoms with Crippen molar-refractivity contribution >= 4 is 10.0 Å². The third kappa shape index (κ3) is 3.12. The van der Waals surface area contributed by atoms with Crippen LogP contribution in [0.1, 0.15) is 31.4 Å². The van der Waals surface area contributed by atoms with Crippen molar-refractivity contribution in [1.82, 2.24) is 24.2 Å². The summed E-state index contributed by atoms with van der Waals surface area (Å²) in [5.41, 5.74) is 1.07. The molecule has 0 atom stereocenters. The van der Waals surface area contributed by atoms with Gasteiger partial charge in [0.15, 0.2) is 0 Å². The zero-order valence-electron chi connectivity index (χ0n) is 12.5. The van der Waals surface area contributed by atoms with E-state index in [0.717, 1.165) is 51.0 Å². The minimum Gasteiger partial charge on any atom is -0.297 e. The minimum absolute atomic E-state index is 0.198. The van der Waals surface area contributed by atoms with Crippen LogP contribution in [0.3, 0.4) is 0 Å². The Kier molecular flexibility index (Phi) is 4.28. The molecule has 2 aliphatic rings. The minimum atomic E-state index is -3.08. The topological polar surface area (TPSA) is 71.3 Å². The Hall–Kier alpha value is -0.990. The first-order valence-electron chi connectivity index (χ1n) is 7.62. The molecule has 1 aromatic rings. The quantitative estimate of drug-likeness (QED) is 0.794. The van der Waals surface area contributed by atoms with Crippen LogP contribution in [0.15, 0.2) is 6.20 Å². The third-order valence-electron chi connectivity index (χ3n) is 4.57. The molecule has 0 spiro atoms. The molecule has 118 valence electrons. The van der Waals surface area contributed by atoms with Crippen molar-refractivity contribution < 1.29 is 8.42 Å². The van der Waals surface area contributed by atoms with Crippen molar-refractivity contribution in [2.75, 3.05) is 26.2 Å². The predicted octanol–water partition coefficient (Wildman–Crippen LogP) is 0.205. The molecule has 2 fully saturated rings. The zero-order chi connectivity index (χ0) is 14.9. The summed E-state index contributed by atoms with van der Waals surface area (Å²) < 4.78 is 28.6. The van der Waals surface area contributed by atoms with Gasteiger partial charge >= 0.3 is 0 Å². The molecular weight excluding hydrogens is 290 g/mol. The van der Waals surface area contributed by atoms with Crippen LogP contribution in [-0.4, -0.2) is 64.0 Å². The highest BCUT2D eigenvalue weighted by atomic mass is 32.2. The molecule has 1 aromatic heterocycles. The fourth-order valence-electron chi connectivity index (χ4n) is 3.20.